The molecule has 2 rings (SSSR count). The fourth-order valence-corrected chi connectivity index (χ4v) is 9.98. The molecule has 0 aromatic heterocycles. The van der Waals surface area contributed by atoms with Crippen LogP contribution in [0.5, 0.6) is 0 Å². The highest BCUT2D eigenvalue weighted by Gasteiger charge is 2.01. The van der Waals surface area contributed by atoms with Gasteiger partial charge in [-0.05, 0) is 73.9 Å². The molecule has 2 heteroatoms. The molecular formula is C68H116N2. The van der Waals surface area contributed by atoms with Crippen molar-refractivity contribution in [2.45, 2.75) is 323 Å². The van der Waals surface area contributed by atoms with Crippen LogP contribution >= 0.6 is 0 Å². The highest BCUT2D eigenvalue weighted by Crippen LogP contribution is 2.21. The van der Waals surface area contributed by atoms with E-state index in [0.29, 0.717) is 0 Å². The molecule has 0 aliphatic heterocycles. The van der Waals surface area contributed by atoms with Crippen molar-refractivity contribution in [2.24, 2.45) is 9.98 Å². The molecule has 0 aliphatic carbocycles. The lowest BCUT2D eigenvalue weighted by molar-refractivity contribution is 0.520. The van der Waals surface area contributed by atoms with Crippen LogP contribution in [0.4, 0.5) is 11.4 Å². The zero-order chi connectivity index (χ0) is 49.7. The topological polar surface area (TPSA) is 24.7 Å². The van der Waals surface area contributed by atoms with Gasteiger partial charge in [-0.3, -0.25) is 9.98 Å². The normalized spacial score (nSPS) is 12.2. The van der Waals surface area contributed by atoms with E-state index in [1.165, 1.54) is 294 Å². The van der Waals surface area contributed by atoms with Crippen LogP contribution in [0.1, 0.15) is 334 Å². The van der Waals surface area contributed by atoms with E-state index in [4.69, 9.17) is 9.98 Å². The number of benzene rings is 2. The lowest BCUT2D eigenvalue weighted by Gasteiger charge is -2.04. The van der Waals surface area contributed by atoms with Crippen LogP contribution in [-0.2, 0) is 0 Å². The van der Waals surface area contributed by atoms with Gasteiger partial charge in [0, 0.05) is 6.21 Å². The van der Waals surface area contributed by atoms with Crippen molar-refractivity contribution in [3.8, 4) is 0 Å². The molecule has 0 spiro atoms. The van der Waals surface area contributed by atoms with E-state index in [2.05, 4.69) is 93.6 Å². The first-order valence-corrected chi connectivity index (χ1v) is 31.4. The van der Waals surface area contributed by atoms with E-state index >= 15 is 0 Å². The van der Waals surface area contributed by atoms with Crippen LogP contribution in [0, 0.1) is 0 Å². The minimum Gasteiger partial charge on any atom is -0.255 e. The lowest BCUT2D eigenvalue weighted by atomic mass is 10.0. The molecule has 2 nitrogen and oxygen atoms in total. The zero-order valence-electron chi connectivity index (χ0n) is 47.1. The monoisotopic (exact) mass is 961 g/mol. The third-order valence-corrected chi connectivity index (χ3v) is 14.8. The Morgan fingerprint density at radius 1 is 0.300 bits per heavy atom. The van der Waals surface area contributed by atoms with Crippen molar-refractivity contribution >= 4 is 35.5 Å². The van der Waals surface area contributed by atoms with Crippen molar-refractivity contribution < 1.29 is 0 Å². The molecule has 0 N–H and O–H groups in total. The third-order valence-electron chi connectivity index (χ3n) is 14.8. The SMILES string of the molecule is CCCCCCCCCCCCCCCCCCCCCCCC=Cc1ccc(N=CC(CCCC)=Nc2ccc(C=CCCCCCCCCCCCCCCCCCCCCCCC)cc2)cc1. The molecule has 0 heterocycles. The number of nitrogens with zero attached hydrogens (tertiary/aromatic N) is 2. The van der Waals surface area contributed by atoms with E-state index in [1.807, 2.05) is 6.21 Å². The van der Waals surface area contributed by atoms with Gasteiger partial charge in [-0.25, -0.2) is 0 Å². The first kappa shape index (κ1) is 63.4. The van der Waals surface area contributed by atoms with Gasteiger partial charge in [0.15, 0.2) is 0 Å². The van der Waals surface area contributed by atoms with Crippen molar-refractivity contribution in [1.29, 1.82) is 0 Å². The molecule has 2 aromatic rings. The predicted molar refractivity (Wildman–Crippen MR) is 320 cm³/mol. The van der Waals surface area contributed by atoms with E-state index in [0.717, 1.165) is 36.3 Å². The fraction of sp³-hybridized carbons (Fsp3) is 0.735. The van der Waals surface area contributed by atoms with Gasteiger partial charge in [0.05, 0.1) is 17.1 Å². The van der Waals surface area contributed by atoms with Gasteiger partial charge in [0.1, 0.15) is 0 Å². The first-order valence-electron chi connectivity index (χ1n) is 31.4. The summed E-state index contributed by atoms with van der Waals surface area (Å²) in [6.45, 7) is 6.86. The number of rotatable bonds is 52. The molecule has 0 aliphatic rings. The average molecular weight is 962 g/mol. The third kappa shape index (κ3) is 41.8. The summed E-state index contributed by atoms with van der Waals surface area (Å²) in [5.74, 6) is 0. The van der Waals surface area contributed by atoms with Crippen molar-refractivity contribution in [3.63, 3.8) is 0 Å². The first-order chi connectivity index (χ1) is 34.7. The molecule has 70 heavy (non-hydrogen) atoms. The number of allylic oxidation sites excluding steroid dienone is 2. The van der Waals surface area contributed by atoms with Crippen molar-refractivity contribution in [1.82, 2.24) is 0 Å². The highest BCUT2D eigenvalue weighted by molar-refractivity contribution is 6.31. The van der Waals surface area contributed by atoms with Gasteiger partial charge in [0.2, 0.25) is 0 Å². The van der Waals surface area contributed by atoms with Crippen molar-refractivity contribution in [3.05, 3.63) is 71.8 Å². The van der Waals surface area contributed by atoms with Crippen molar-refractivity contribution in [2.75, 3.05) is 0 Å². The maximum atomic E-state index is 5.02. The van der Waals surface area contributed by atoms with Crippen LogP contribution < -0.4 is 0 Å². The Bertz CT molecular complexity index is 1480. The molecular weight excluding hydrogens is 845 g/mol. The minimum absolute atomic E-state index is 0.946. The number of hydrogen-bond acceptors (Lipinski definition) is 2. The van der Waals surface area contributed by atoms with Gasteiger partial charge >= 0.3 is 0 Å². The molecule has 0 saturated carbocycles. The van der Waals surface area contributed by atoms with Gasteiger partial charge in [-0.2, -0.15) is 0 Å². The second-order valence-corrected chi connectivity index (χ2v) is 21.7. The van der Waals surface area contributed by atoms with Crippen LogP contribution in [0.25, 0.3) is 12.2 Å². The van der Waals surface area contributed by atoms with Crippen LogP contribution in [0.15, 0.2) is 70.7 Å². The van der Waals surface area contributed by atoms with E-state index in [1.54, 1.807) is 0 Å². The van der Waals surface area contributed by atoms with E-state index < -0.39 is 0 Å². The Morgan fingerprint density at radius 2 is 0.557 bits per heavy atom. The second-order valence-electron chi connectivity index (χ2n) is 21.7. The molecule has 0 atom stereocenters. The van der Waals surface area contributed by atoms with Crippen LogP contribution in [-0.4, -0.2) is 11.9 Å². The molecule has 2 aromatic carbocycles. The summed E-state index contributed by atoms with van der Waals surface area (Å²) in [6, 6.07) is 17.4. The Morgan fingerprint density at radius 3 is 0.843 bits per heavy atom. The number of hydrogen-bond donors (Lipinski definition) is 0. The smallest absolute Gasteiger partial charge is 0.0634 e. The fourth-order valence-electron chi connectivity index (χ4n) is 9.98. The molecule has 0 radical (unpaired) electrons. The van der Waals surface area contributed by atoms with E-state index in [-0.39, 0.29) is 0 Å². The Hall–Kier alpha value is -2.74. The zero-order valence-corrected chi connectivity index (χ0v) is 47.1. The standard InChI is InChI=1S/C68H116N2/c1-4-7-10-12-14-16-18-20-22-24-26-28-30-32-34-36-38-40-42-44-46-48-50-52-64-55-59-66(60-56-64)69-63-68(54-9-6-3)70-67-61-57-65(58-62-67)53-51-49-47-45-43-41-39-37-35-33-31-29-27-25-23-21-19-17-15-13-11-8-5-2/h50-53,55-63H,4-49,54H2,1-3H3. The Balaban J connectivity index is 1.47. The second kappa shape index (κ2) is 51.2. The summed E-state index contributed by atoms with van der Waals surface area (Å²) in [4.78, 5) is 9.85. The van der Waals surface area contributed by atoms with Crippen LogP contribution in [0.3, 0.4) is 0 Å². The number of aliphatic imine (C=N–C) groups is 2. The Labute approximate surface area is 437 Å². The minimum atomic E-state index is 0.946. The molecule has 398 valence electrons. The predicted octanol–water partition coefficient (Wildman–Crippen LogP) is 24.6. The quantitative estimate of drug-likeness (QED) is 0.0466. The average Bonchev–Trinajstić information content (AvgIpc) is 3.38. The Kier molecular flexibility index (Phi) is 46.3. The number of unbranched alkanes of at least 4 members (excludes halogenated alkanes) is 43. The van der Waals surface area contributed by atoms with Gasteiger partial charge in [-0.1, -0.05) is 333 Å². The summed E-state index contributed by atoms with van der Waals surface area (Å²) < 4.78 is 0. The largest absolute Gasteiger partial charge is 0.255 e. The molecule has 0 fully saturated rings. The highest BCUT2D eigenvalue weighted by atomic mass is 14.8. The molecule has 0 saturated heterocycles. The lowest BCUT2D eigenvalue weighted by Crippen LogP contribution is -1.99. The summed E-state index contributed by atoms with van der Waals surface area (Å²) >= 11 is 0. The van der Waals surface area contributed by atoms with Gasteiger partial charge in [-0.15, -0.1) is 0 Å². The maximum Gasteiger partial charge on any atom is 0.0634 e. The summed E-state index contributed by atoms with van der Waals surface area (Å²) in [7, 11) is 0. The molecule has 0 unspecified atom stereocenters. The summed E-state index contributed by atoms with van der Waals surface area (Å²) in [6.07, 6.45) is 77.2. The maximum absolute atomic E-state index is 5.02. The molecule has 0 bridgehead atoms. The van der Waals surface area contributed by atoms with Crippen LogP contribution in [0.2, 0.25) is 0 Å². The van der Waals surface area contributed by atoms with E-state index in [9.17, 15) is 0 Å². The summed E-state index contributed by atoms with van der Waals surface area (Å²) in [5, 5.41) is 0. The van der Waals surface area contributed by atoms with Gasteiger partial charge in [0.25, 0.3) is 0 Å². The summed E-state index contributed by atoms with van der Waals surface area (Å²) in [5.41, 5.74) is 5.56. The van der Waals surface area contributed by atoms with Gasteiger partial charge < -0.3 is 0 Å². The molecule has 0 amide bonds.